The average molecular weight is 328 g/mol. The van der Waals surface area contributed by atoms with Gasteiger partial charge in [-0.25, -0.2) is 0 Å². The largest absolute Gasteiger partial charge is 0.368 e. The number of morpholine rings is 1. The van der Waals surface area contributed by atoms with Crippen LogP contribution in [0.4, 0.5) is 0 Å². The molecule has 0 unspecified atom stereocenters. The fourth-order valence-electron chi connectivity index (χ4n) is 3.16. The summed E-state index contributed by atoms with van der Waals surface area (Å²) in [7, 11) is 0. The number of thiophene rings is 1. The molecule has 4 rings (SSSR count). The van der Waals surface area contributed by atoms with E-state index in [2.05, 4.69) is 56.2 Å². The first-order chi connectivity index (χ1) is 11.3. The van der Waals surface area contributed by atoms with Gasteiger partial charge >= 0.3 is 0 Å². The van der Waals surface area contributed by atoms with Gasteiger partial charge in [0.05, 0.1) is 6.61 Å². The van der Waals surface area contributed by atoms with Crippen molar-refractivity contribution >= 4 is 21.4 Å². The molecule has 1 aromatic carbocycles. The number of rotatable bonds is 4. The van der Waals surface area contributed by atoms with Gasteiger partial charge in [0.25, 0.3) is 0 Å². The van der Waals surface area contributed by atoms with E-state index in [1.807, 2.05) is 11.3 Å². The van der Waals surface area contributed by atoms with Crippen LogP contribution < -0.4 is 0 Å². The standard InChI is InChI=1S/C17H20N4OS/c1-2-21-12-18-19-17(21)15-10-20(7-8-22-15)9-13-11-23-16-6-4-3-5-14(13)16/h3-6,11-12,15H,2,7-10H2,1H3/t15-/m0/s1. The number of ether oxygens (including phenoxy) is 1. The lowest BCUT2D eigenvalue weighted by Gasteiger charge is -2.32. The quantitative estimate of drug-likeness (QED) is 0.738. The number of hydrogen-bond donors (Lipinski definition) is 0. The zero-order valence-corrected chi connectivity index (χ0v) is 14.0. The number of benzene rings is 1. The van der Waals surface area contributed by atoms with Crippen molar-refractivity contribution < 1.29 is 4.74 Å². The lowest BCUT2D eigenvalue weighted by atomic mass is 10.1. The van der Waals surface area contributed by atoms with Gasteiger partial charge in [-0.3, -0.25) is 4.90 Å². The maximum Gasteiger partial charge on any atom is 0.163 e. The van der Waals surface area contributed by atoms with Crippen LogP contribution in [0.15, 0.2) is 36.0 Å². The smallest absolute Gasteiger partial charge is 0.163 e. The summed E-state index contributed by atoms with van der Waals surface area (Å²) >= 11 is 1.82. The molecular weight excluding hydrogens is 308 g/mol. The van der Waals surface area contributed by atoms with Crippen molar-refractivity contribution in [3.63, 3.8) is 0 Å². The van der Waals surface area contributed by atoms with Gasteiger partial charge in [0.2, 0.25) is 0 Å². The molecule has 3 aromatic rings. The normalized spacial score (nSPS) is 19.4. The van der Waals surface area contributed by atoms with Crippen molar-refractivity contribution in [2.75, 3.05) is 19.7 Å². The minimum Gasteiger partial charge on any atom is -0.368 e. The Kier molecular flexibility index (Phi) is 4.11. The molecule has 1 atom stereocenters. The van der Waals surface area contributed by atoms with Crippen LogP contribution in [0.5, 0.6) is 0 Å². The van der Waals surface area contributed by atoms with Crippen LogP contribution in [0.3, 0.4) is 0 Å². The van der Waals surface area contributed by atoms with E-state index in [4.69, 9.17) is 4.74 Å². The molecular formula is C17H20N4OS. The van der Waals surface area contributed by atoms with Crippen LogP contribution in [0.25, 0.3) is 10.1 Å². The third kappa shape index (κ3) is 2.89. The van der Waals surface area contributed by atoms with E-state index in [0.717, 1.165) is 38.6 Å². The Bertz CT molecular complexity index is 797. The number of nitrogens with zero attached hydrogens (tertiary/aromatic N) is 4. The number of hydrogen-bond acceptors (Lipinski definition) is 5. The molecule has 0 spiro atoms. The SMILES string of the molecule is CCn1cnnc1[C@@H]1CN(Cc2csc3ccccc23)CCO1. The Morgan fingerprint density at radius 1 is 1.35 bits per heavy atom. The van der Waals surface area contributed by atoms with Gasteiger partial charge in [-0.15, -0.1) is 21.5 Å². The van der Waals surface area contributed by atoms with Crippen molar-refractivity contribution in [3.8, 4) is 0 Å². The number of aromatic nitrogens is 3. The molecule has 0 N–H and O–H groups in total. The average Bonchev–Trinajstić information content (AvgIpc) is 3.22. The maximum absolute atomic E-state index is 5.94. The van der Waals surface area contributed by atoms with E-state index in [0.29, 0.717) is 0 Å². The summed E-state index contributed by atoms with van der Waals surface area (Å²) in [4.78, 5) is 2.46. The van der Waals surface area contributed by atoms with E-state index < -0.39 is 0 Å². The topological polar surface area (TPSA) is 43.2 Å². The van der Waals surface area contributed by atoms with Crippen molar-refractivity contribution in [1.29, 1.82) is 0 Å². The van der Waals surface area contributed by atoms with E-state index in [1.54, 1.807) is 6.33 Å². The van der Waals surface area contributed by atoms with Crippen LogP contribution in [0.2, 0.25) is 0 Å². The second-order valence-corrected chi connectivity index (χ2v) is 6.74. The van der Waals surface area contributed by atoms with E-state index in [9.17, 15) is 0 Å². The third-order valence-corrected chi connectivity index (χ3v) is 5.39. The van der Waals surface area contributed by atoms with E-state index >= 15 is 0 Å². The van der Waals surface area contributed by atoms with Gasteiger partial charge < -0.3 is 9.30 Å². The molecule has 120 valence electrons. The van der Waals surface area contributed by atoms with Crippen LogP contribution in [0, 0.1) is 0 Å². The Morgan fingerprint density at radius 2 is 2.26 bits per heavy atom. The molecule has 0 saturated carbocycles. The molecule has 23 heavy (non-hydrogen) atoms. The Labute approximate surface area is 139 Å². The molecule has 1 aliphatic rings. The lowest BCUT2D eigenvalue weighted by molar-refractivity contribution is -0.0387. The summed E-state index contributed by atoms with van der Waals surface area (Å²) in [5.41, 5.74) is 1.41. The van der Waals surface area contributed by atoms with Crippen molar-refractivity contribution in [2.45, 2.75) is 26.1 Å². The van der Waals surface area contributed by atoms with Crippen molar-refractivity contribution in [2.24, 2.45) is 0 Å². The molecule has 3 heterocycles. The van der Waals surface area contributed by atoms with Crippen LogP contribution in [-0.4, -0.2) is 39.4 Å². The minimum atomic E-state index is 0.0103. The third-order valence-electron chi connectivity index (χ3n) is 4.38. The van der Waals surface area contributed by atoms with Crippen molar-refractivity contribution in [3.05, 3.63) is 47.4 Å². The number of aryl methyl sites for hydroxylation is 1. The first-order valence-electron chi connectivity index (χ1n) is 8.02. The highest BCUT2D eigenvalue weighted by Gasteiger charge is 2.26. The molecule has 0 bridgehead atoms. The van der Waals surface area contributed by atoms with Gasteiger partial charge in [-0.2, -0.15) is 0 Å². The zero-order chi connectivity index (χ0) is 15.6. The summed E-state index contributed by atoms with van der Waals surface area (Å²) in [6, 6.07) is 8.62. The van der Waals surface area contributed by atoms with Crippen LogP contribution in [-0.2, 0) is 17.8 Å². The molecule has 0 radical (unpaired) electrons. The van der Waals surface area contributed by atoms with Crippen LogP contribution >= 0.6 is 11.3 Å². The van der Waals surface area contributed by atoms with Crippen LogP contribution in [0.1, 0.15) is 24.4 Å². The molecule has 5 nitrogen and oxygen atoms in total. The first kappa shape index (κ1) is 14.8. The second kappa shape index (κ2) is 6.39. The summed E-state index contributed by atoms with van der Waals surface area (Å²) < 4.78 is 9.36. The molecule has 1 fully saturated rings. The second-order valence-electron chi connectivity index (χ2n) is 5.83. The van der Waals surface area contributed by atoms with E-state index in [1.165, 1.54) is 15.6 Å². The summed E-state index contributed by atoms with van der Waals surface area (Å²) in [5.74, 6) is 0.937. The van der Waals surface area contributed by atoms with Gasteiger partial charge in [0.1, 0.15) is 12.4 Å². The fraction of sp³-hybridized carbons (Fsp3) is 0.412. The van der Waals surface area contributed by atoms with Gasteiger partial charge in [0, 0.05) is 30.9 Å². The molecule has 0 aliphatic carbocycles. The molecule has 2 aromatic heterocycles. The highest BCUT2D eigenvalue weighted by molar-refractivity contribution is 7.17. The highest BCUT2D eigenvalue weighted by atomic mass is 32.1. The maximum atomic E-state index is 5.94. The fourth-order valence-corrected chi connectivity index (χ4v) is 4.11. The Balaban J connectivity index is 1.51. The Hall–Kier alpha value is -1.76. The first-order valence-corrected chi connectivity index (χ1v) is 8.90. The van der Waals surface area contributed by atoms with Gasteiger partial charge in [-0.1, -0.05) is 18.2 Å². The molecule has 1 saturated heterocycles. The zero-order valence-electron chi connectivity index (χ0n) is 13.2. The van der Waals surface area contributed by atoms with Crippen molar-refractivity contribution in [1.82, 2.24) is 19.7 Å². The predicted octanol–water partition coefficient (Wildman–Crippen LogP) is 3.09. The summed E-state index contributed by atoms with van der Waals surface area (Å²) in [5, 5.41) is 11.9. The predicted molar refractivity (Wildman–Crippen MR) is 91.5 cm³/mol. The summed E-state index contributed by atoms with van der Waals surface area (Å²) in [6.45, 7) is 6.50. The molecule has 0 amide bonds. The Morgan fingerprint density at radius 3 is 3.17 bits per heavy atom. The monoisotopic (exact) mass is 328 g/mol. The van der Waals surface area contributed by atoms with Gasteiger partial charge in [0.15, 0.2) is 5.82 Å². The highest BCUT2D eigenvalue weighted by Crippen LogP contribution is 2.28. The molecule has 6 heteroatoms. The summed E-state index contributed by atoms with van der Waals surface area (Å²) in [6.07, 6.45) is 1.79. The number of fused-ring (bicyclic) bond motifs is 1. The van der Waals surface area contributed by atoms with Gasteiger partial charge in [-0.05, 0) is 29.3 Å². The lowest BCUT2D eigenvalue weighted by Crippen LogP contribution is -2.38. The molecule has 1 aliphatic heterocycles. The minimum absolute atomic E-state index is 0.0103. The van der Waals surface area contributed by atoms with E-state index in [-0.39, 0.29) is 6.10 Å².